The molecule has 0 saturated carbocycles. The summed E-state index contributed by atoms with van der Waals surface area (Å²) >= 11 is 1.73. The Bertz CT molecular complexity index is 429. The molecule has 1 aromatic rings. The van der Waals surface area contributed by atoms with Crippen molar-refractivity contribution in [2.75, 3.05) is 40.5 Å². The van der Waals surface area contributed by atoms with E-state index in [4.69, 9.17) is 9.47 Å². The van der Waals surface area contributed by atoms with Gasteiger partial charge < -0.3 is 19.7 Å². The number of thiophene rings is 1. The molecule has 0 spiro atoms. The Morgan fingerprint density at radius 2 is 2.23 bits per heavy atom. The Morgan fingerprint density at radius 3 is 2.86 bits per heavy atom. The van der Waals surface area contributed by atoms with Crippen LogP contribution < -0.4 is 5.32 Å². The van der Waals surface area contributed by atoms with Gasteiger partial charge in [0.2, 0.25) is 0 Å². The normalized spacial score (nSPS) is 17.0. The molecular formula is C16H27N3O2S. The fourth-order valence-corrected chi connectivity index (χ4v) is 3.26. The van der Waals surface area contributed by atoms with E-state index in [9.17, 15) is 0 Å². The molecule has 2 rings (SSSR count). The molecule has 0 radical (unpaired) electrons. The highest BCUT2D eigenvalue weighted by atomic mass is 32.1. The first-order valence-corrected chi connectivity index (χ1v) is 8.85. The van der Waals surface area contributed by atoms with E-state index >= 15 is 0 Å². The maximum Gasteiger partial charge on any atom is 0.193 e. The second-order valence-corrected chi connectivity index (χ2v) is 6.22. The molecule has 124 valence electrons. The van der Waals surface area contributed by atoms with E-state index in [1.54, 1.807) is 18.4 Å². The van der Waals surface area contributed by atoms with Crippen molar-refractivity contribution in [3.63, 3.8) is 0 Å². The maximum atomic E-state index is 5.90. The molecular weight excluding hydrogens is 298 g/mol. The molecule has 0 bridgehead atoms. The van der Waals surface area contributed by atoms with Crippen molar-refractivity contribution in [1.82, 2.24) is 10.2 Å². The summed E-state index contributed by atoms with van der Waals surface area (Å²) in [7, 11) is 3.58. The molecule has 1 N–H and O–H groups in total. The molecule has 2 heterocycles. The van der Waals surface area contributed by atoms with Crippen LogP contribution in [0.2, 0.25) is 0 Å². The molecule has 1 aliphatic heterocycles. The number of hydrogen-bond acceptors (Lipinski definition) is 4. The molecule has 22 heavy (non-hydrogen) atoms. The minimum atomic E-state index is 0.378. The molecule has 1 fully saturated rings. The van der Waals surface area contributed by atoms with Gasteiger partial charge in [0.1, 0.15) is 0 Å². The summed E-state index contributed by atoms with van der Waals surface area (Å²) in [6, 6.07) is 2.14. The third-order valence-corrected chi connectivity index (χ3v) is 4.56. The van der Waals surface area contributed by atoms with Gasteiger partial charge in [-0.1, -0.05) is 0 Å². The number of nitrogens with zero attached hydrogens (tertiary/aromatic N) is 2. The van der Waals surface area contributed by atoms with Crippen LogP contribution in [0.25, 0.3) is 0 Å². The van der Waals surface area contributed by atoms with Gasteiger partial charge in [0, 0.05) is 47.0 Å². The van der Waals surface area contributed by atoms with Crippen LogP contribution in [0.3, 0.4) is 0 Å². The van der Waals surface area contributed by atoms with Gasteiger partial charge in [-0.3, -0.25) is 4.99 Å². The van der Waals surface area contributed by atoms with Crippen LogP contribution in [0.4, 0.5) is 0 Å². The smallest absolute Gasteiger partial charge is 0.193 e. The molecule has 0 unspecified atom stereocenters. The van der Waals surface area contributed by atoms with Crippen molar-refractivity contribution in [3.8, 4) is 0 Å². The molecule has 1 aromatic heterocycles. The van der Waals surface area contributed by atoms with E-state index in [1.807, 2.05) is 7.05 Å². The average molecular weight is 325 g/mol. The van der Waals surface area contributed by atoms with Crippen molar-refractivity contribution < 1.29 is 9.47 Å². The van der Waals surface area contributed by atoms with Crippen LogP contribution >= 0.6 is 11.3 Å². The van der Waals surface area contributed by atoms with Gasteiger partial charge in [-0.15, -0.1) is 0 Å². The van der Waals surface area contributed by atoms with Gasteiger partial charge in [0.15, 0.2) is 5.96 Å². The molecule has 1 saturated heterocycles. The largest absolute Gasteiger partial charge is 0.385 e. The molecule has 5 nitrogen and oxygen atoms in total. The van der Waals surface area contributed by atoms with Gasteiger partial charge in [-0.05, 0) is 41.7 Å². The minimum Gasteiger partial charge on any atom is -0.385 e. The van der Waals surface area contributed by atoms with Crippen LogP contribution in [0.5, 0.6) is 0 Å². The van der Waals surface area contributed by atoms with Gasteiger partial charge in [-0.25, -0.2) is 0 Å². The lowest BCUT2D eigenvalue weighted by Crippen LogP contribution is -2.46. The zero-order valence-electron chi connectivity index (χ0n) is 13.6. The van der Waals surface area contributed by atoms with Crippen molar-refractivity contribution in [2.24, 2.45) is 4.99 Å². The Labute approximate surface area is 137 Å². The summed E-state index contributed by atoms with van der Waals surface area (Å²) in [5.74, 6) is 0.990. The van der Waals surface area contributed by atoms with E-state index in [2.05, 4.69) is 32.0 Å². The third-order valence-electron chi connectivity index (χ3n) is 3.83. The predicted octanol–water partition coefficient (Wildman–Crippen LogP) is 2.34. The average Bonchev–Trinajstić information content (AvgIpc) is 3.07. The summed E-state index contributed by atoms with van der Waals surface area (Å²) in [6.45, 7) is 4.40. The summed E-state index contributed by atoms with van der Waals surface area (Å²) in [4.78, 5) is 6.72. The number of ether oxygens (including phenoxy) is 2. The van der Waals surface area contributed by atoms with Crippen LogP contribution in [0.15, 0.2) is 21.8 Å². The highest BCUT2D eigenvalue weighted by Gasteiger charge is 2.21. The lowest BCUT2D eigenvalue weighted by molar-refractivity contribution is 0.00990. The monoisotopic (exact) mass is 325 g/mol. The summed E-state index contributed by atoms with van der Waals surface area (Å²) in [5.41, 5.74) is 1.31. The predicted molar refractivity (Wildman–Crippen MR) is 91.6 cm³/mol. The van der Waals surface area contributed by atoms with E-state index < -0.39 is 0 Å². The Balaban J connectivity index is 1.68. The number of likely N-dealkylation sites (tertiary alicyclic amines) is 1. The lowest BCUT2D eigenvalue weighted by atomic mass is 10.1. The number of piperidine rings is 1. The van der Waals surface area contributed by atoms with Crippen LogP contribution in [0, 0.1) is 0 Å². The number of methoxy groups -OCH3 is 1. The second kappa shape index (κ2) is 9.82. The molecule has 0 atom stereocenters. The number of aliphatic imine (C=N–C) groups is 1. The van der Waals surface area contributed by atoms with E-state index in [1.165, 1.54) is 5.56 Å². The van der Waals surface area contributed by atoms with Gasteiger partial charge >= 0.3 is 0 Å². The van der Waals surface area contributed by atoms with Crippen molar-refractivity contribution >= 4 is 17.3 Å². The molecule has 0 aromatic carbocycles. The summed E-state index contributed by atoms with van der Waals surface area (Å²) < 4.78 is 10.9. The van der Waals surface area contributed by atoms with Crippen molar-refractivity contribution in [3.05, 3.63) is 22.4 Å². The Morgan fingerprint density at radius 1 is 1.41 bits per heavy atom. The number of rotatable bonds is 7. The molecule has 0 aliphatic carbocycles. The fourth-order valence-electron chi connectivity index (χ4n) is 2.59. The number of hydrogen-bond donors (Lipinski definition) is 1. The van der Waals surface area contributed by atoms with Crippen LogP contribution in [0.1, 0.15) is 24.8 Å². The highest BCUT2D eigenvalue weighted by Crippen LogP contribution is 2.14. The topological polar surface area (TPSA) is 46.1 Å². The van der Waals surface area contributed by atoms with Crippen LogP contribution in [-0.4, -0.2) is 57.4 Å². The second-order valence-electron chi connectivity index (χ2n) is 5.44. The Hall–Kier alpha value is -1.11. The van der Waals surface area contributed by atoms with Crippen molar-refractivity contribution in [1.29, 1.82) is 0 Å². The van der Waals surface area contributed by atoms with Crippen LogP contribution in [-0.2, 0) is 16.0 Å². The number of nitrogens with one attached hydrogen (secondary N) is 1. The summed E-state index contributed by atoms with van der Waals surface area (Å²) in [5, 5.41) is 7.71. The standard InChI is InChI=1S/C16H27N3O2S/c1-17-16(18-12-14-6-11-22-13-14)19-7-4-15(5-8-19)21-10-3-9-20-2/h6,11,13,15H,3-5,7-10,12H2,1-2H3,(H,17,18). The van der Waals surface area contributed by atoms with Gasteiger partial charge in [0.25, 0.3) is 0 Å². The van der Waals surface area contributed by atoms with Gasteiger partial charge in [-0.2, -0.15) is 11.3 Å². The highest BCUT2D eigenvalue weighted by molar-refractivity contribution is 7.07. The minimum absolute atomic E-state index is 0.378. The van der Waals surface area contributed by atoms with E-state index in [-0.39, 0.29) is 0 Å². The summed E-state index contributed by atoms with van der Waals surface area (Å²) in [6.07, 6.45) is 3.47. The zero-order valence-corrected chi connectivity index (χ0v) is 14.4. The van der Waals surface area contributed by atoms with E-state index in [0.717, 1.165) is 58.1 Å². The Kier molecular flexibility index (Phi) is 7.70. The SMILES string of the molecule is CN=C(NCc1ccsc1)N1CCC(OCCCOC)CC1. The first-order chi connectivity index (χ1) is 10.8. The zero-order chi connectivity index (χ0) is 15.6. The maximum absolute atomic E-state index is 5.90. The molecule has 1 aliphatic rings. The van der Waals surface area contributed by atoms with Gasteiger partial charge in [0.05, 0.1) is 6.10 Å². The lowest BCUT2D eigenvalue weighted by Gasteiger charge is -2.34. The van der Waals surface area contributed by atoms with Crippen molar-refractivity contribution in [2.45, 2.75) is 31.9 Å². The molecule has 6 heteroatoms. The first kappa shape index (κ1) is 17.2. The third kappa shape index (κ3) is 5.59. The first-order valence-electron chi connectivity index (χ1n) is 7.90. The fraction of sp³-hybridized carbons (Fsp3) is 0.688. The quantitative estimate of drug-likeness (QED) is 0.475. The van der Waals surface area contributed by atoms with E-state index in [0.29, 0.717) is 6.10 Å². The molecule has 0 amide bonds. The number of guanidine groups is 1.